The maximum absolute atomic E-state index is 12.3. The fourth-order valence-electron chi connectivity index (χ4n) is 2.18. The number of esters is 1. The molecule has 0 aliphatic rings. The van der Waals surface area contributed by atoms with Crippen LogP contribution in [-0.2, 0) is 15.1 Å². The molecule has 2 aromatic carbocycles. The van der Waals surface area contributed by atoms with Crippen molar-refractivity contribution in [3.63, 3.8) is 0 Å². The Morgan fingerprint density at radius 2 is 1.71 bits per heavy atom. The molecule has 0 fully saturated rings. The average Bonchev–Trinajstić information content (AvgIpc) is 2.55. The zero-order valence-corrected chi connectivity index (χ0v) is 13.2. The van der Waals surface area contributed by atoms with Crippen LogP contribution in [0.25, 0.3) is 0 Å². The number of benzene rings is 2. The van der Waals surface area contributed by atoms with Crippen LogP contribution >= 0.6 is 11.8 Å². The molecule has 0 saturated carbocycles. The summed E-state index contributed by atoms with van der Waals surface area (Å²) >= 11 is 1.67. The summed E-state index contributed by atoms with van der Waals surface area (Å²) in [5.41, 5.74) is 0.822. The van der Waals surface area contributed by atoms with Crippen LogP contribution in [0.4, 0.5) is 5.69 Å². The number of carbonyl (C=O) groups excluding carboxylic acids is 1. The molecule has 0 bridgehead atoms. The summed E-state index contributed by atoms with van der Waals surface area (Å²) in [6, 6.07) is 17.6. The van der Waals surface area contributed by atoms with Gasteiger partial charge in [0.2, 0.25) is 0 Å². The van der Waals surface area contributed by atoms with Crippen LogP contribution < -0.4 is 5.32 Å². The van der Waals surface area contributed by atoms with E-state index in [4.69, 9.17) is 4.74 Å². The summed E-state index contributed by atoms with van der Waals surface area (Å²) in [6.07, 6.45) is 2.02. The van der Waals surface area contributed by atoms with Crippen LogP contribution in [0.5, 0.6) is 0 Å². The second-order valence-corrected chi connectivity index (χ2v) is 5.72. The van der Waals surface area contributed by atoms with Gasteiger partial charge in [0.15, 0.2) is 5.54 Å². The highest BCUT2D eigenvalue weighted by Crippen LogP contribution is 2.29. The Hall–Kier alpha value is -1.94. The van der Waals surface area contributed by atoms with Crippen LogP contribution in [0, 0.1) is 0 Å². The van der Waals surface area contributed by atoms with E-state index in [-0.39, 0.29) is 5.97 Å². The molecule has 21 heavy (non-hydrogen) atoms. The number of hydrogen-bond acceptors (Lipinski definition) is 4. The Morgan fingerprint density at radius 1 is 1.10 bits per heavy atom. The third-order valence-corrected chi connectivity index (χ3v) is 4.17. The van der Waals surface area contributed by atoms with Crippen molar-refractivity contribution in [2.24, 2.45) is 0 Å². The predicted molar refractivity (Wildman–Crippen MR) is 87.7 cm³/mol. The fraction of sp³-hybridized carbons (Fsp3) is 0.235. The van der Waals surface area contributed by atoms with Crippen molar-refractivity contribution in [3.05, 3.63) is 60.2 Å². The van der Waals surface area contributed by atoms with E-state index in [0.29, 0.717) is 0 Å². The van der Waals surface area contributed by atoms with E-state index in [1.807, 2.05) is 67.8 Å². The van der Waals surface area contributed by atoms with Gasteiger partial charge in [0, 0.05) is 10.6 Å². The standard InChI is InChI=1S/C17H19NO2S/c1-17(16(19)20-2,18-14-7-5-4-6-8-14)13-9-11-15(21-3)12-10-13/h4-12,18H,1-3H3. The van der Waals surface area contributed by atoms with Gasteiger partial charge in [-0.1, -0.05) is 30.3 Å². The summed E-state index contributed by atoms with van der Waals surface area (Å²) in [5, 5.41) is 3.28. The number of rotatable bonds is 5. The molecule has 0 heterocycles. The zero-order chi connectivity index (χ0) is 15.3. The van der Waals surface area contributed by atoms with Crippen molar-refractivity contribution in [2.45, 2.75) is 17.4 Å². The summed E-state index contributed by atoms with van der Waals surface area (Å²) in [5.74, 6) is -0.316. The lowest BCUT2D eigenvalue weighted by Gasteiger charge is -2.29. The molecule has 1 N–H and O–H groups in total. The smallest absolute Gasteiger partial charge is 0.335 e. The second kappa shape index (κ2) is 6.68. The molecule has 3 nitrogen and oxygen atoms in total. The van der Waals surface area contributed by atoms with E-state index in [0.717, 1.165) is 16.1 Å². The minimum Gasteiger partial charge on any atom is -0.467 e. The molecule has 0 saturated heterocycles. The minimum atomic E-state index is -0.924. The van der Waals surface area contributed by atoms with Crippen LogP contribution in [0.1, 0.15) is 12.5 Å². The molecule has 4 heteroatoms. The van der Waals surface area contributed by atoms with Crippen LogP contribution in [-0.4, -0.2) is 19.3 Å². The van der Waals surface area contributed by atoms with Crippen LogP contribution in [0.15, 0.2) is 59.5 Å². The molecule has 0 aliphatic heterocycles. The minimum absolute atomic E-state index is 0.316. The molecule has 0 radical (unpaired) electrons. The molecule has 1 unspecified atom stereocenters. The maximum Gasteiger partial charge on any atom is 0.335 e. The molecule has 2 aromatic rings. The summed E-state index contributed by atoms with van der Waals surface area (Å²) in [6.45, 7) is 1.83. The lowest BCUT2D eigenvalue weighted by Crippen LogP contribution is -2.41. The fourth-order valence-corrected chi connectivity index (χ4v) is 2.59. The van der Waals surface area contributed by atoms with Gasteiger partial charge in [-0.05, 0) is 43.0 Å². The SMILES string of the molecule is COC(=O)C(C)(Nc1ccccc1)c1ccc(SC)cc1. The lowest BCUT2D eigenvalue weighted by molar-refractivity contribution is -0.145. The monoisotopic (exact) mass is 301 g/mol. The molecular weight excluding hydrogens is 282 g/mol. The number of thioether (sulfide) groups is 1. The lowest BCUT2D eigenvalue weighted by atomic mass is 9.91. The van der Waals surface area contributed by atoms with Crippen LogP contribution in [0.3, 0.4) is 0 Å². The van der Waals surface area contributed by atoms with Gasteiger partial charge < -0.3 is 10.1 Å². The van der Waals surface area contributed by atoms with Crippen molar-refractivity contribution in [1.82, 2.24) is 0 Å². The number of nitrogens with one attached hydrogen (secondary N) is 1. The number of anilines is 1. The first-order valence-electron chi connectivity index (χ1n) is 6.66. The van der Waals surface area contributed by atoms with Gasteiger partial charge >= 0.3 is 5.97 Å². The first-order valence-corrected chi connectivity index (χ1v) is 7.89. The molecule has 110 valence electrons. The van der Waals surface area contributed by atoms with E-state index in [1.54, 1.807) is 11.8 Å². The highest BCUT2D eigenvalue weighted by atomic mass is 32.2. The highest BCUT2D eigenvalue weighted by Gasteiger charge is 2.36. The Balaban J connectivity index is 2.38. The Bertz CT molecular complexity index is 598. The molecule has 1 atom stereocenters. The summed E-state index contributed by atoms with van der Waals surface area (Å²) < 4.78 is 4.99. The summed E-state index contributed by atoms with van der Waals surface area (Å²) in [4.78, 5) is 13.5. The van der Waals surface area contributed by atoms with Crippen molar-refractivity contribution < 1.29 is 9.53 Å². The van der Waals surface area contributed by atoms with Gasteiger partial charge in [-0.3, -0.25) is 0 Å². The number of para-hydroxylation sites is 1. The van der Waals surface area contributed by atoms with Gasteiger partial charge in [-0.2, -0.15) is 0 Å². The number of carbonyl (C=O) groups is 1. The van der Waals surface area contributed by atoms with Gasteiger partial charge in [0.25, 0.3) is 0 Å². The zero-order valence-electron chi connectivity index (χ0n) is 12.4. The Morgan fingerprint density at radius 3 is 2.24 bits per heavy atom. The van der Waals surface area contributed by atoms with Gasteiger partial charge in [0.05, 0.1) is 7.11 Å². The first kappa shape index (κ1) is 15.4. The van der Waals surface area contributed by atoms with Gasteiger partial charge in [-0.15, -0.1) is 11.8 Å². The van der Waals surface area contributed by atoms with E-state index >= 15 is 0 Å². The van der Waals surface area contributed by atoms with Crippen LogP contribution in [0.2, 0.25) is 0 Å². The second-order valence-electron chi connectivity index (χ2n) is 4.84. The van der Waals surface area contributed by atoms with E-state index in [1.165, 1.54) is 7.11 Å². The first-order chi connectivity index (χ1) is 10.1. The van der Waals surface area contributed by atoms with E-state index < -0.39 is 5.54 Å². The Labute approximate surface area is 129 Å². The number of methoxy groups -OCH3 is 1. The predicted octanol–water partition coefficient (Wildman–Crippen LogP) is 3.91. The molecule has 0 spiro atoms. The van der Waals surface area contributed by atoms with E-state index in [2.05, 4.69) is 5.32 Å². The van der Waals surface area contributed by atoms with Gasteiger partial charge in [0.1, 0.15) is 0 Å². The highest BCUT2D eigenvalue weighted by molar-refractivity contribution is 7.98. The van der Waals surface area contributed by atoms with Crippen molar-refractivity contribution in [2.75, 3.05) is 18.7 Å². The maximum atomic E-state index is 12.3. The molecule has 0 amide bonds. The molecule has 2 rings (SSSR count). The number of hydrogen-bond donors (Lipinski definition) is 1. The Kier molecular flexibility index (Phi) is 4.91. The molecular formula is C17H19NO2S. The van der Waals surface area contributed by atoms with E-state index in [9.17, 15) is 4.79 Å². The topological polar surface area (TPSA) is 38.3 Å². The normalized spacial score (nSPS) is 13.3. The van der Waals surface area contributed by atoms with Crippen molar-refractivity contribution in [1.29, 1.82) is 0 Å². The molecule has 0 aliphatic carbocycles. The third kappa shape index (κ3) is 3.39. The van der Waals surface area contributed by atoms with Crippen molar-refractivity contribution in [3.8, 4) is 0 Å². The average molecular weight is 301 g/mol. The van der Waals surface area contributed by atoms with Crippen molar-refractivity contribution >= 4 is 23.4 Å². The summed E-state index contributed by atoms with van der Waals surface area (Å²) in [7, 11) is 1.41. The largest absolute Gasteiger partial charge is 0.467 e. The van der Waals surface area contributed by atoms with Gasteiger partial charge in [-0.25, -0.2) is 4.79 Å². The molecule has 0 aromatic heterocycles. The third-order valence-electron chi connectivity index (χ3n) is 3.43. The quantitative estimate of drug-likeness (QED) is 0.671. The number of ether oxygens (including phenoxy) is 1.